The number of benzene rings is 2. The van der Waals surface area contributed by atoms with Crippen LogP contribution in [0.2, 0.25) is 0 Å². The van der Waals surface area contributed by atoms with E-state index in [4.69, 9.17) is 0 Å². The molecular weight excluding hydrogens is 262 g/mol. The Kier molecular flexibility index (Phi) is 3.26. The Morgan fingerprint density at radius 1 is 1.05 bits per heavy atom. The summed E-state index contributed by atoms with van der Waals surface area (Å²) in [5.74, 6) is -0.882. The molecule has 0 atom stereocenters. The molecule has 0 aliphatic carbocycles. The molecular formula is C18H17NO2. The maximum absolute atomic E-state index is 11.5. The van der Waals surface area contributed by atoms with Gasteiger partial charge in [-0.15, -0.1) is 0 Å². The zero-order chi connectivity index (χ0) is 15.0. The van der Waals surface area contributed by atoms with Crippen molar-refractivity contribution in [3.05, 3.63) is 70.9 Å². The van der Waals surface area contributed by atoms with Gasteiger partial charge in [-0.2, -0.15) is 0 Å². The molecule has 0 amide bonds. The minimum atomic E-state index is -0.882. The van der Waals surface area contributed by atoms with E-state index in [1.807, 2.05) is 44.2 Å². The smallest absolute Gasteiger partial charge is 0.337 e. The summed E-state index contributed by atoms with van der Waals surface area (Å²) in [5, 5.41) is 10.5. The summed E-state index contributed by atoms with van der Waals surface area (Å²) in [6.45, 7) is 4.77. The number of nitrogens with zero attached hydrogens (tertiary/aromatic N) is 1. The van der Waals surface area contributed by atoms with Gasteiger partial charge in [-0.05, 0) is 31.0 Å². The minimum absolute atomic E-state index is 0.361. The van der Waals surface area contributed by atoms with Crippen LogP contribution in [0.3, 0.4) is 0 Å². The van der Waals surface area contributed by atoms with Gasteiger partial charge in [-0.1, -0.05) is 42.5 Å². The number of carbonyl (C=O) groups is 1. The second-order valence-corrected chi connectivity index (χ2v) is 5.29. The van der Waals surface area contributed by atoms with E-state index in [0.717, 1.165) is 27.7 Å². The predicted molar refractivity (Wildman–Crippen MR) is 83.9 cm³/mol. The van der Waals surface area contributed by atoms with Crippen LogP contribution in [0.25, 0.3) is 10.9 Å². The molecule has 3 aromatic rings. The Labute approximate surface area is 123 Å². The van der Waals surface area contributed by atoms with E-state index in [1.54, 1.807) is 6.07 Å². The zero-order valence-electron chi connectivity index (χ0n) is 12.1. The van der Waals surface area contributed by atoms with Crippen molar-refractivity contribution in [1.29, 1.82) is 0 Å². The maximum Gasteiger partial charge on any atom is 0.337 e. The van der Waals surface area contributed by atoms with Gasteiger partial charge in [-0.3, -0.25) is 0 Å². The summed E-state index contributed by atoms with van der Waals surface area (Å²) in [5.41, 5.74) is 4.59. The summed E-state index contributed by atoms with van der Waals surface area (Å²) in [4.78, 5) is 11.5. The summed E-state index contributed by atoms with van der Waals surface area (Å²) >= 11 is 0. The van der Waals surface area contributed by atoms with Crippen molar-refractivity contribution in [3.63, 3.8) is 0 Å². The third-order valence-electron chi connectivity index (χ3n) is 4.07. The molecule has 1 N–H and O–H groups in total. The zero-order valence-corrected chi connectivity index (χ0v) is 12.1. The highest BCUT2D eigenvalue weighted by atomic mass is 16.4. The van der Waals surface area contributed by atoms with Gasteiger partial charge in [0.2, 0.25) is 0 Å². The first-order chi connectivity index (χ1) is 10.1. The van der Waals surface area contributed by atoms with Crippen molar-refractivity contribution in [1.82, 2.24) is 4.57 Å². The SMILES string of the molecule is Cc1c(C)n(Cc2ccccc2)c2c(C(=O)O)cccc12. The number of carboxylic acids is 1. The number of aromatic carboxylic acids is 1. The largest absolute Gasteiger partial charge is 0.478 e. The highest BCUT2D eigenvalue weighted by Crippen LogP contribution is 2.28. The molecule has 0 aliphatic heterocycles. The minimum Gasteiger partial charge on any atom is -0.478 e. The van der Waals surface area contributed by atoms with Gasteiger partial charge in [0.1, 0.15) is 0 Å². The van der Waals surface area contributed by atoms with Crippen molar-refractivity contribution >= 4 is 16.9 Å². The Balaban J connectivity index is 2.26. The van der Waals surface area contributed by atoms with Crippen LogP contribution < -0.4 is 0 Å². The second kappa shape index (κ2) is 5.09. The van der Waals surface area contributed by atoms with Gasteiger partial charge in [0.25, 0.3) is 0 Å². The molecule has 106 valence electrons. The van der Waals surface area contributed by atoms with Crippen molar-refractivity contribution in [3.8, 4) is 0 Å². The fraction of sp³-hybridized carbons (Fsp3) is 0.167. The van der Waals surface area contributed by atoms with Crippen molar-refractivity contribution in [2.24, 2.45) is 0 Å². The molecule has 3 nitrogen and oxygen atoms in total. The molecule has 0 bridgehead atoms. The van der Waals surface area contributed by atoms with Crippen molar-refractivity contribution in [2.75, 3.05) is 0 Å². The summed E-state index contributed by atoms with van der Waals surface area (Å²) in [7, 11) is 0. The highest BCUT2D eigenvalue weighted by molar-refractivity contribution is 6.03. The third kappa shape index (κ3) is 2.21. The van der Waals surface area contributed by atoms with Crippen LogP contribution in [0, 0.1) is 13.8 Å². The van der Waals surface area contributed by atoms with Gasteiger partial charge < -0.3 is 9.67 Å². The van der Waals surface area contributed by atoms with Gasteiger partial charge in [0.05, 0.1) is 11.1 Å². The van der Waals surface area contributed by atoms with E-state index in [2.05, 4.69) is 16.7 Å². The number of hydrogen-bond acceptors (Lipinski definition) is 1. The first-order valence-electron chi connectivity index (χ1n) is 6.95. The molecule has 3 heteroatoms. The molecule has 21 heavy (non-hydrogen) atoms. The molecule has 0 spiro atoms. The van der Waals surface area contributed by atoms with E-state index in [9.17, 15) is 9.90 Å². The summed E-state index contributed by atoms with van der Waals surface area (Å²) in [6, 6.07) is 15.6. The number of aryl methyl sites for hydroxylation is 1. The molecule has 0 unspecified atom stereocenters. The standard InChI is InChI=1S/C18H17NO2/c1-12-13(2)19(11-14-7-4-3-5-8-14)17-15(12)9-6-10-16(17)18(20)21/h3-10H,11H2,1-2H3,(H,20,21). The lowest BCUT2D eigenvalue weighted by Gasteiger charge is -2.10. The second-order valence-electron chi connectivity index (χ2n) is 5.29. The topological polar surface area (TPSA) is 42.2 Å². The van der Waals surface area contributed by atoms with E-state index < -0.39 is 5.97 Å². The molecule has 1 aromatic heterocycles. The van der Waals surface area contributed by atoms with Crippen LogP contribution in [-0.4, -0.2) is 15.6 Å². The van der Waals surface area contributed by atoms with E-state index in [0.29, 0.717) is 12.1 Å². The molecule has 2 aromatic carbocycles. The Morgan fingerprint density at radius 3 is 2.43 bits per heavy atom. The molecule has 0 fully saturated rings. The quantitative estimate of drug-likeness (QED) is 0.787. The van der Waals surface area contributed by atoms with Crippen LogP contribution in [0.5, 0.6) is 0 Å². The first-order valence-corrected chi connectivity index (χ1v) is 6.95. The van der Waals surface area contributed by atoms with Gasteiger partial charge in [-0.25, -0.2) is 4.79 Å². The van der Waals surface area contributed by atoms with Gasteiger partial charge in [0, 0.05) is 17.6 Å². The average Bonchev–Trinajstić information content (AvgIpc) is 2.73. The predicted octanol–water partition coefficient (Wildman–Crippen LogP) is 4.00. The van der Waals surface area contributed by atoms with E-state index >= 15 is 0 Å². The Hall–Kier alpha value is -2.55. The third-order valence-corrected chi connectivity index (χ3v) is 4.07. The van der Waals surface area contributed by atoms with Crippen LogP contribution in [0.15, 0.2) is 48.5 Å². The number of para-hydroxylation sites is 1. The maximum atomic E-state index is 11.5. The molecule has 0 aliphatic rings. The Morgan fingerprint density at radius 2 is 1.76 bits per heavy atom. The van der Waals surface area contributed by atoms with Gasteiger partial charge in [0.15, 0.2) is 0 Å². The van der Waals surface area contributed by atoms with Crippen LogP contribution in [0.4, 0.5) is 0 Å². The van der Waals surface area contributed by atoms with E-state index in [1.165, 1.54) is 0 Å². The number of hydrogen-bond donors (Lipinski definition) is 1. The highest BCUT2D eigenvalue weighted by Gasteiger charge is 2.17. The Bertz CT molecular complexity index is 816. The van der Waals surface area contributed by atoms with Crippen molar-refractivity contribution < 1.29 is 9.90 Å². The fourth-order valence-electron chi connectivity index (χ4n) is 2.84. The lowest BCUT2D eigenvalue weighted by atomic mass is 10.1. The van der Waals surface area contributed by atoms with Gasteiger partial charge >= 0.3 is 5.97 Å². The lowest BCUT2D eigenvalue weighted by Crippen LogP contribution is -2.06. The van der Waals surface area contributed by atoms with Crippen LogP contribution in [-0.2, 0) is 6.54 Å². The fourth-order valence-corrected chi connectivity index (χ4v) is 2.84. The summed E-state index contributed by atoms with van der Waals surface area (Å²) in [6.07, 6.45) is 0. The number of fused-ring (bicyclic) bond motifs is 1. The van der Waals surface area contributed by atoms with E-state index in [-0.39, 0.29) is 0 Å². The van der Waals surface area contributed by atoms with Crippen molar-refractivity contribution in [2.45, 2.75) is 20.4 Å². The monoisotopic (exact) mass is 279 g/mol. The van der Waals surface area contributed by atoms with Crippen LogP contribution in [0.1, 0.15) is 27.2 Å². The number of aromatic nitrogens is 1. The summed E-state index contributed by atoms with van der Waals surface area (Å²) < 4.78 is 2.10. The molecule has 0 radical (unpaired) electrons. The number of rotatable bonds is 3. The number of carboxylic acid groups (broad SMARTS) is 1. The normalized spacial score (nSPS) is 11.0. The first kappa shape index (κ1) is 13.4. The molecule has 1 heterocycles. The molecule has 0 saturated heterocycles. The molecule has 3 rings (SSSR count). The van der Waals surface area contributed by atoms with Crippen LogP contribution >= 0.6 is 0 Å². The average molecular weight is 279 g/mol. The molecule has 0 saturated carbocycles. The lowest BCUT2D eigenvalue weighted by molar-refractivity contribution is 0.0698.